The molecule has 1 aromatic carbocycles. The van der Waals surface area contributed by atoms with Gasteiger partial charge in [-0.15, -0.1) is 0 Å². The molecule has 0 N–H and O–H groups in total. The van der Waals surface area contributed by atoms with E-state index in [-0.39, 0.29) is 16.7 Å². The Morgan fingerprint density at radius 2 is 1.79 bits per heavy atom. The topological polar surface area (TPSA) is 20.3 Å². The van der Waals surface area contributed by atoms with Gasteiger partial charge in [-0.05, 0) is 23.5 Å². The number of aryl methyl sites for hydroxylation is 1. The molecule has 2 nitrogen and oxygen atoms in total. The number of fused-ring (bicyclic) bond motifs is 1. The Balaban J connectivity index is 2.81. The molecule has 0 aromatic heterocycles. The van der Waals surface area contributed by atoms with E-state index in [1.165, 1.54) is 16.7 Å². The highest BCUT2D eigenvalue weighted by molar-refractivity contribution is 5.98. The van der Waals surface area contributed by atoms with E-state index in [9.17, 15) is 4.79 Å². The van der Waals surface area contributed by atoms with Crippen molar-refractivity contribution in [2.45, 2.75) is 58.8 Å². The van der Waals surface area contributed by atoms with Gasteiger partial charge in [0.15, 0.2) is 0 Å². The Morgan fingerprint density at radius 3 is 2.32 bits per heavy atom. The second-order valence-corrected chi connectivity index (χ2v) is 7.47. The van der Waals surface area contributed by atoms with Crippen molar-refractivity contribution in [1.82, 2.24) is 0 Å². The van der Waals surface area contributed by atoms with Crippen LogP contribution in [0.3, 0.4) is 0 Å². The Kier molecular flexibility index (Phi) is 3.04. The average Bonchev–Trinajstić information content (AvgIpc) is 2.23. The van der Waals surface area contributed by atoms with E-state index in [1.54, 1.807) is 0 Å². The van der Waals surface area contributed by atoms with Crippen LogP contribution in [-0.2, 0) is 15.6 Å². The number of hydrogen-bond donors (Lipinski definition) is 0. The van der Waals surface area contributed by atoms with Gasteiger partial charge in [-0.25, -0.2) is 0 Å². The molecular formula is C17H25NO. The number of benzene rings is 1. The first-order chi connectivity index (χ1) is 8.54. The van der Waals surface area contributed by atoms with Crippen LogP contribution in [-0.4, -0.2) is 13.0 Å². The Bertz CT molecular complexity index is 518. The van der Waals surface area contributed by atoms with Crippen molar-refractivity contribution in [3.63, 3.8) is 0 Å². The summed E-state index contributed by atoms with van der Waals surface area (Å²) in [6, 6.07) is 4.47. The number of anilines is 1. The van der Waals surface area contributed by atoms with Crippen LogP contribution in [0.25, 0.3) is 0 Å². The summed E-state index contributed by atoms with van der Waals surface area (Å²) >= 11 is 0. The molecule has 2 rings (SSSR count). The third-order valence-electron chi connectivity index (χ3n) is 4.09. The van der Waals surface area contributed by atoms with Gasteiger partial charge in [-0.1, -0.05) is 52.3 Å². The first kappa shape index (κ1) is 14.1. The standard InChI is InChI=1S/C17H25NO/c1-11-8-12(16(2,3)4)15-13(9-11)17(5,6)10-14(19)18(15)7/h8-9H,10H2,1-7H3. The number of carbonyl (C=O) groups excluding carboxylic acids is 1. The molecule has 0 saturated heterocycles. The minimum Gasteiger partial charge on any atom is -0.315 e. The lowest BCUT2D eigenvalue weighted by Gasteiger charge is -2.40. The fraction of sp³-hybridized carbons (Fsp3) is 0.588. The number of rotatable bonds is 0. The summed E-state index contributed by atoms with van der Waals surface area (Å²) in [7, 11) is 1.90. The minimum absolute atomic E-state index is 0.0397. The Labute approximate surface area is 116 Å². The molecule has 19 heavy (non-hydrogen) atoms. The third-order valence-corrected chi connectivity index (χ3v) is 4.09. The highest BCUT2D eigenvalue weighted by atomic mass is 16.2. The first-order valence-electron chi connectivity index (χ1n) is 6.96. The summed E-state index contributed by atoms with van der Waals surface area (Å²) in [5.41, 5.74) is 4.94. The van der Waals surface area contributed by atoms with Crippen molar-refractivity contribution in [1.29, 1.82) is 0 Å². The van der Waals surface area contributed by atoms with Crippen LogP contribution in [0.4, 0.5) is 5.69 Å². The predicted molar refractivity (Wildman–Crippen MR) is 80.9 cm³/mol. The highest BCUT2D eigenvalue weighted by Gasteiger charge is 2.38. The maximum absolute atomic E-state index is 12.3. The van der Waals surface area contributed by atoms with Crippen LogP contribution in [0, 0.1) is 6.92 Å². The van der Waals surface area contributed by atoms with Gasteiger partial charge in [-0.3, -0.25) is 4.79 Å². The summed E-state index contributed by atoms with van der Waals surface area (Å²) in [6.07, 6.45) is 0.587. The highest BCUT2D eigenvalue weighted by Crippen LogP contribution is 2.45. The zero-order chi connectivity index (χ0) is 14.6. The lowest BCUT2D eigenvalue weighted by molar-refractivity contribution is -0.119. The molecule has 1 heterocycles. The number of nitrogens with zero attached hydrogens (tertiary/aromatic N) is 1. The fourth-order valence-electron chi connectivity index (χ4n) is 2.94. The predicted octanol–water partition coefficient (Wildman–Crippen LogP) is 3.94. The van der Waals surface area contributed by atoms with E-state index in [0.29, 0.717) is 6.42 Å². The molecule has 1 aromatic rings. The summed E-state index contributed by atoms with van der Waals surface area (Å²) in [6.45, 7) is 13.1. The van der Waals surface area contributed by atoms with E-state index < -0.39 is 0 Å². The van der Waals surface area contributed by atoms with Crippen LogP contribution in [0.2, 0.25) is 0 Å². The van der Waals surface area contributed by atoms with Gasteiger partial charge >= 0.3 is 0 Å². The van der Waals surface area contributed by atoms with Gasteiger partial charge < -0.3 is 4.90 Å². The lowest BCUT2D eigenvalue weighted by atomic mass is 9.72. The number of amides is 1. The Morgan fingerprint density at radius 1 is 1.21 bits per heavy atom. The number of hydrogen-bond acceptors (Lipinski definition) is 1. The molecule has 0 atom stereocenters. The van der Waals surface area contributed by atoms with Gasteiger partial charge in [0.1, 0.15) is 0 Å². The SMILES string of the molecule is Cc1cc(C(C)(C)C)c2c(c1)C(C)(C)CC(=O)N2C. The fourth-order valence-corrected chi connectivity index (χ4v) is 2.94. The van der Waals surface area contributed by atoms with Crippen LogP contribution < -0.4 is 4.90 Å². The van der Waals surface area contributed by atoms with E-state index in [4.69, 9.17) is 0 Å². The van der Waals surface area contributed by atoms with Crippen molar-refractivity contribution < 1.29 is 4.79 Å². The molecule has 0 unspecified atom stereocenters. The third kappa shape index (κ3) is 2.29. The lowest BCUT2D eigenvalue weighted by Crippen LogP contribution is -2.41. The molecule has 1 aliphatic heterocycles. The normalized spacial score (nSPS) is 18.5. The second kappa shape index (κ2) is 4.09. The summed E-state index contributed by atoms with van der Waals surface area (Å²) < 4.78 is 0. The molecule has 1 aliphatic rings. The van der Waals surface area contributed by atoms with Crippen LogP contribution in [0.1, 0.15) is 57.7 Å². The molecule has 0 bridgehead atoms. The molecule has 104 valence electrons. The average molecular weight is 259 g/mol. The largest absolute Gasteiger partial charge is 0.315 e. The van der Waals surface area contributed by atoms with E-state index in [0.717, 1.165) is 5.69 Å². The number of carbonyl (C=O) groups is 1. The van der Waals surface area contributed by atoms with E-state index >= 15 is 0 Å². The van der Waals surface area contributed by atoms with Gasteiger partial charge in [-0.2, -0.15) is 0 Å². The maximum Gasteiger partial charge on any atom is 0.227 e. The minimum atomic E-state index is -0.0784. The molecule has 0 aliphatic carbocycles. The molecule has 0 fully saturated rings. The molecule has 1 amide bonds. The van der Waals surface area contributed by atoms with Crippen LogP contribution in [0.15, 0.2) is 12.1 Å². The van der Waals surface area contributed by atoms with Gasteiger partial charge in [0.2, 0.25) is 5.91 Å². The summed E-state index contributed by atoms with van der Waals surface area (Å²) in [5, 5.41) is 0. The van der Waals surface area contributed by atoms with Crippen molar-refractivity contribution in [2.24, 2.45) is 0 Å². The maximum atomic E-state index is 12.3. The molecule has 2 heteroatoms. The van der Waals surface area contributed by atoms with Crippen molar-refractivity contribution in [3.8, 4) is 0 Å². The van der Waals surface area contributed by atoms with Crippen molar-refractivity contribution >= 4 is 11.6 Å². The first-order valence-corrected chi connectivity index (χ1v) is 6.96. The smallest absolute Gasteiger partial charge is 0.227 e. The van der Waals surface area contributed by atoms with Crippen LogP contribution >= 0.6 is 0 Å². The van der Waals surface area contributed by atoms with E-state index in [1.807, 2.05) is 11.9 Å². The Hall–Kier alpha value is -1.31. The molecular weight excluding hydrogens is 234 g/mol. The summed E-state index contributed by atoms with van der Waals surface area (Å²) in [5.74, 6) is 0.215. The van der Waals surface area contributed by atoms with E-state index in [2.05, 4.69) is 53.7 Å². The van der Waals surface area contributed by atoms with Gasteiger partial charge in [0.05, 0.1) is 5.69 Å². The molecule has 0 saturated carbocycles. The summed E-state index contributed by atoms with van der Waals surface area (Å²) in [4.78, 5) is 14.1. The zero-order valence-corrected chi connectivity index (χ0v) is 13.2. The van der Waals surface area contributed by atoms with Gasteiger partial charge in [0.25, 0.3) is 0 Å². The second-order valence-electron chi connectivity index (χ2n) is 7.47. The van der Waals surface area contributed by atoms with Crippen LogP contribution in [0.5, 0.6) is 0 Å². The monoisotopic (exact) mass is 259 g/mol. The molecule has 0 radical (unpaired) electrons. The quantitative estimate of drug-likeness (QED) is 0.691. The van der Waals surface area contributed by atoms with Gasteiger partial charge in [0, 0.05) is 18.9 Å². The zero-order valence-electron chi connectivity index (χ0n) is 13.2. The van der Waals surface area contributed by atoms with Crippen molar-refractivity contribution in [3.05, 3.63) is 28.8 Å². The molecule has 0 spiro atoms. The van der Waals surface area contributed by atoms with Crippen molar-refractivity contribution in [2.75, 3.05) is 11.9 Å².